The van der Waals surface area contributed by atoms with Crippen LogP contribution in [0.4, 0.5) is 0 Å². The Kier molecular flexibility index (Phi) is 5.00. The highest BCUT2D eigenvalue weighted by Gasteiger charge is 2.37. The largest absolute Gasteiger partial charge is 0.385 e. The van der Waals surface area contributed by atoms with E-state index in [-0.39, 0.29) is 6.04 Å². The quantitative estimate of drug-likeness (QED) is 0.745. The van der Waals surface area contributed by atoms with E-state index in [4.69, 9.17) is 11.6 Å². The van der Waals surface area contributed by atoms with Gasteiger partial charge in [0.1, 0.15) is 0 Å². The third kappa shape index (κ3) is 3.90. The van der Waals surface area contributed by atoms with Crippen molar-refractivity contribution in [3.8, 4) is 5.82 Å². The van der Waals surface area contributed by atoms with Crippen molar-refractivity contribution in [2.45, 2.75) is 38.0 Å². The molecule has 0 spiro atoms. The number of benzene rings is 1. The van der Waals surface area contributed by atoms with Gasteiger partial charge in [-0.25, -0.2) is 9.67 Å². The van der Waals surface area contributed by atoms with Crippen molar-refractivity contribution in [1.82, 2.24) is 19.7 Å². The summed E-state index contributed by atoms with van der Waals surface area (Å²) in [4.78, 5) is 6.71. The van der Waals surface area contributed by atoms with Crippen LogP contribution in [0.5, 0.6) is 0 Å². The Morgan fingerprint density at radius 1 is 1.26 bits per heavy atom. The molecule has 2 aromatic heterocycles. The normalized spacial score (nSPS) is 23.4. The van der Waals surface area contributed by atoms with Gasteiger partial charge < -0.3 is 5.11 Å². The molecule has 0 saturated carbocycles. The van der Waals surface area contributed by atoms with E-state index in [0.717, 1.165) is 30.0 Å². The molecule has 2 atom stereocenters. The van der Waals surface area contributed by atoms with Gasteiger partial charge in [-0.1, -0.05) is 29.8 Å². The van der Waals surface area contributed by atoms with Gasteiger partial charge in [0.2, 0.25) is 0 Å². The second-order valence-electron chi connectivity index (χ2n) is 7.30. The van der Waals surface area contributed by atoms with Gasteiger partial charge >= 0.3 is 0 Å². The first kappa shape index (κ1) is 18.2. The molecule has 1 aromatic carbocycles. The number of pyridine rings is 1. The smallest absolute Gasteiger partial charge is 0.153 e. The molecule has 4 rings (SSSR count). The lowest BCUT2D eigenvalue weighted by molar-refractivity contribution is -0.0502. The van der Waals surface area contributed by atoms with E-state index in [1.165, 1.54) is 0 Å². The van der Waals surface area contributed by atoms with Crippen molar-refractivity contribution in [3.05, 3.63) is 77.2 Å². The molecule has 0 aliphatic carbocycles. The van der Waals surface area contributed by atoms with Crippen LogP contribution in [-0.4, -0.2) is 37.4 Å². The molecule has 1 N–H and O–H groups in total. The molecule has 5 nitrogen and oxygen atoms in total. The molecule has 140 valence electrons. The predicted octanol–water partition coefficient (Wildman–Crippen LogP) is 3.79. The van der Waals surface area contributed by atoms with Crippen LogP contribution >= 0.6 is 11.6 Å². The molecule has 3 aromatic rings. The minimum atomic E-state index is -0.820. The van der Waals surface area contributed by atoms with E-state index in [2.05, 4.69) is 21.9 Å². The third-order valence-electron chi connectivity index (χ3n) is 5.34. The fourth-order valence-electron chi connectivity index (χ4n) is 3.83. The molecule has 0 radical (unpaired) electrons. The van der Waals surface area contributed by atoms with Gasteiger partial charge in [-0.2, -0.15) is 5.10 Å². The van der Waals surface area contributed by atoms with Crippen molar-refractivity contribution in [3.63, 3.8) is 0 Å². The van der Waals surface area contributed by atoms with Crippen LogP contribution in [0.15, 0.2) is 61.1 Å². The molecule has 27 heavy (non-hydrogen) atoms. The number of hydrogen-bond donors (Lipinski definition) is 1. The van der Waals surface area contributed by atoms with Crippen molar-refractivity contribution in [2.75, 3.05) is 6.54 Å². The minimum absolute atomic E-state index is 0.251. The van der Waals surface area contributed by atoms with Crippen molar-refractivity contribution >= 4 is 11.6 Å². The van der Waals surface area contributed by atoms with Gasteiger partial charge in [0.15, 0.2) is 5.82 Å². The maximum Gasteiger partial charge on any atom is 0.153 e. The molecule has 0 amide bonds. The van der Waals surface area contributed by atoms with E-state index in [1.807, 2.05) is 54.9 Å². The molecule has 6 heteroatoms. The van der Waals surface area contributed by atoms with Crippen LogP contribution in [0.25, 0.3) is 5.82 Å². The Morgan fingerprint density at radius 3 is 2.89 bits per heavy atom. The highest BCUT2D eigenvalue weighted by molar-refractivity contribution is 6.30. The summed E-state index contributed by atoms with van der Waals surface area (Å²) in [5.74, 6) is 0.811. The zero-order valence-corrected chi connectivity index (χ0v) is 16.0. The Morgan fingerprint density at radius 2 is 2.15 bits per heavy atom. The maximum atomic E-state index is 11.2. The molecule has 0 unspecified atom stereocenters. The van der Waals surface area contributed by atoms with Gasteiger partial charge in [-0.05, 0) is 49.6 Å². The summed E-state index contributed by atoms with van der Waals surface area (Å²) < 4.78 is 1.80. The first-order valence-corrected chi connectivity index (χ1v) is 9.59. The number of halogens is 1. The molecule has 0 bridgehead atoms. The molecule has 1 saturated heterocycles. The summed E-state index contributed by atoms with van der Waals surface area (Å²) in [6, 6.07) is 13.6. The van der Waals surface area contributed by atoms with Gasteiger partial charge in [-0.3, -0.25) is 4.90 Å². The van der Waals surface area contributed by atoms with Gasteiger partial charge in [0.05, 0.1) is 11.8 Å². The van der Waals surface area contributed by atoms with Crippen molar-refractivity contribution < 1.29 is 5.11 Å². The van der Waals surface area contributed by atoms with E-state index in [9.17, 15) is 5.11 Å². The third-order valence-corrected chi connectivity index (χ3v) is 5.57. The van der Waals surface area contributed by atoms with Crippen LogP contribution in [-0.2, 0) is 12.1 Å². The fraction of sp³-hybridized carbons (Fsp3) is 0.333. The summed E-state index contributed by atoms with van der Waals surface area (Å²) in [5.41, 5.74) is 1.23. The highest BCUT2D eigenvalue weighted by atomic mass is 35.5. The van der Waals surface area contributed by atoms with E-state index >= 15 is 0 Å². The fourth-order valence-corrected chi connectivity index (χ4v) is 4.02. The first-order chi connectivity index (χ1) is 13.0. The van der Waals surface area contributed by atoms with Gasteiger partial charge in [-0.15, -0.1) is 0 Å². The predicted molar refractivity (Wildman–Crippen MR) is 106 cm³/mol. The summed E-state index contributed by atoms with van der Waals surface area (Å²) in [7, 11) is 0. The number of rotatable bonds is 4. The first-order valence-electron chi connectivity index (χ1n) is 9.21. The SMILES string of the molecule is C[C@H]1C[C@@](O)(c2cccc(Cl)c2)CCN1Cc1cnn(-c2ccccn2)c1. The molecule has 1 aliphatic heterocycles. The van der Waals surface area contributed by atoms with Crippen LogP contribution in [0, 0.1) is 0 Å². The number of aliphatic hydroxyl groups is 1. The van der Waals surface area contributed by atoms with Crippen LogP contribution in [0.3, 0.4) is 0 Å². The lowest BCUT2D eigenvalue weighted by Crippen LogP contribution is -2.47. The molecular weight excluding hydrogens is 360 g/mol. The standard InChI is InChI=1S/C21H23ClN4O/c1-16-12-21(27,18-5-4-6-19(22)11-18)8-10-25(16)14-17-13-24-26(15-17)20-7-2-3-9-23-20/h2-7,9,11,13,15-16,27H,8,10,12,14H2,1H3/t16-,21+/m0/s1. The number of piperidine rings is 1. The highest BCUT2D eigenvalue weighted by Crippen LogP contribution is 2.37. The Balaban J connectivity index is 1.44. The van der Waals surface area contributed by atoms with E-state index < -0.39 is 5.60 Å². The second kappa shape index (κ2) is 7.43. The summed E-state index contributed by atoms with van der Waals surface area (Å²) in [5, 5.41) is 16.3. The monoisotopic (exact) mass is 382 g/mol. The van der Waals surface area contributed by atoms with Crippen LogP contribution in [0.1, 0.15) is 30.9 Å². The number of nitrogens with zero attached hydrogens (tertiary/aromatic N) is 4. The Hall–Kier alpha value is -2.21. The van der Waals surface area contributed by atoms with Crippen LogP contribution in [0.2, 0.25) is 5.02 Å². The zero-order chi connectivity index (χ0) is 18.9. The van der Waals surface area contributed by atoms with E-state index in [0.29, 0.717) is 17.9 Å². The van der Waals surface area contributed by atoms with Crippen molar-refractivity contribution in [1.29, 1.82) is 0 Å². The van der Waals surface area contributed by atoms with Gasteiger partial charge in [0.25, 0.3) is 0 Å². The van der Waals surface area contributed by atoms with Gasteiger partial charge in [0, 0.05) is 42.1 Å². The van der Waals surface area contributed by atoms with Crippen molar-refractivity contribution in [2.24, 2.45) is 0 Å². The second-order valence-corrected chi connectivity index (χ2v) is 7.73. The summed E-state index contributed by atoms with van der Waals surface area (Å²) in [6.45, 7) is 3.79. The van der Waals surface area contributed by atoms with E-state index in [1.54, 1.807) is 10.9 Å². The molecule has 1 fully saturated rings. The number of aromatic nitrogens is 3. The number of likely N-dealkylation sites (tertiary alicyclic amines) is 1. The Labute approximate surface area is 164 Å². The average Bonchev–Trinajstić information content (AvgIpc) is 3.14. The Bertz CT molecular complexity index is 913. The topological polar surface area (TPSA) is 54.2 Å². The maximum absolute atomic E-state index is 11.2. The lowest BCUT2D eigenvalue weighted by atomic mass is 9.81. The number of hydrogen-bond acceptors (Lipinski definition) is 4. The zero-order valence-electron chi connectivity index (χ0n) is 15.3. The molecular formula is C21H23ClN4O. The summed E-state index contributed by atoms with van der Waals surface area (Å²) >= 11 is 6.12. The minimum Gasteiger partial charge on any atom is -0.385 e. The average molecular weight is 383 g/mol. The lowest BCUT2D eigenvalue weighted by Gasteiger charge is -2.43. The molecule has 1 aliphatic rings. The van der Waals surface area contributed by atoms with Crippen LogP contribution < -0.4 is 0 Å². The summed E-state index contributed by atoms with van der Waals surface area (Å²) in [6.07, 6.45) is 7.04. The molecule has 3 heterocycles.